The van der Waals surface area contributed by atoms with Gasteiger partial charge in [0.25, 0.3) is 5.91 Å². The standard InChI is InChI=1S/C23H24N2O4S/c1-16(2)29-22(26)12-21(17-7-4-3-5-8-17)25-23(27)18-9-6-10-20(11-18)28-13-19-14-30-15-24-19/h3-11,14-16,21H,12-13H2,1-2H3,(H,25,27). The van der Waals surface area contributed by atoms with Gasteiger partial charge in [-0.1, -0.05) is 36.4 Å². The highest BCUT2D eigenvalue weighted by atomic mass is 32.1. The molecular formula is C23H24N2O4S. The Labute approximate surface area is 179 Å². The Bertz CT molecular complexity index is 958. The molecule has 30 heavy (non-hydrogen) atoms. The zero-order valence-electron chi connectivity index (χ0n) is 16.9. The Morgan fingerprint density at radius 3 is 2.60 bits per heavy atom. The van der Waals surface area contributed by atoms with E-state index in [9.17, 15) is 9.59 Å². The van der Waals surface area contributed by atoms with Crippen LogP contribution in [0.1, 0.15) is 47.9 Å². The molecule has 0 aliphatic carbocycles. The van der Waals surface area contributed by atoms with Crippen molar-refractivity contribution in [1.29, 1.82) is 0 Å². The van der Waals surface area contributed by atoms with Crippen LogP contribution in [0.3, 0.4) is 0 Å². The van der Waals surface area contributed by atoms with E-state index < -0.39 is 6.04 Å². The second-order valence-corrected chi connectivity index (χ2v) is 7.69. The molecule has 0 bridgehead atoms. The van der Waals surface area contributed by atoms with Crippen LogP contribution in [0.15, 0.2) is 65.5 Å². The molecule has 3 aromatic rings. The summed E-state index contributed by atoms with van der Waals surface area (Å²) in [7, 11) is 0. The molecule has 1 N–H and O–H groups in total. The number of ether oxygens (including phenoxy) is 2. The van der Waals surface area contributed by atoms with Crippen LogP contribution in [0.4, 0.5) is 0 Å². The number of amides is 1. The quantitative estimate of drug-likeness (QED) is 0.511. The Morgan fingerprint density at radius 2 is 1.90 bits per heavy atom. The average Bonchev–Trinajstić information content (AvgIpc) is 3.26. The normalized spacial score (nSPS) is 11.7. The van der Waals surface area contributed by atoms with Crippen LogP contribution in [-0.2, 0) is 16.1 Å². The first-order valence-electron chi connectivity index (χ1n) is 9.66. The van der Waals surface area contributed by atoms with E-state index in [1.165, 1.54) is 11.3 Å². The lowest BCUT2D eigenvalue weighted by Crippen LogP contribution is -2.31. The fourth-order valence-corrected chi connectivity index (χ4v) is 3.39. The molecule has 1 heterocycles. The number of carbonyl (C=O) groups is 2. The van der Waals surface area contributed by atoms with Crippen LogP contribution in [0.2, 0.25) is 0 Å². The van der Waals surface area contributed by atoms with E-state index in [0.717, 1.165) is 11.3 Å². The molecule has 0 saturated carbocycles. The number of nitrogens with zero attached hydrogens (tertiary/aromatic N) is 1. The summed E-state index contributed by atoms with van der Waals surface area (Å²) in [6.45, 7) is 3.93. The van der Waals surface area contributed by atoms with Gasteiger partial charge < -0.3 is 14.8 Å². The Balaban J connectivity index is 1.70. The van der Waals surface area contributed by atoms with Crippen molar-refractivity contribution in [3.63, 3.8) is 0 Å². The van der Waals surface area contributed by atoms with Crippen LogP contribution >= 0.6 is 11.3 Å². The molecule has 1 atom stereocenters. The fraction of sp³-hybridized carbons (Fsp3) is 0.261. The van der Waals surface area contributed by atoms with Gasteiger partial charge in [-0.25, -0.2) is 4.98 Å². The predicted octanol–water partition coefficient (Wildman–Crippen LogP) is 4.53. The number of aromatic nitrogens is 1. The van der Waals surface area contributed by atoms with E-state index in [1.807, 2.05) is 35.7 Å². The molecule has 0 aliphatic rings. The number of nitrogens with one attached hydrogen (secondary N) is 1. The third-order valence-corrected chi connectivity index (χ3v) is 4.85. The number of benzene rings is 2. The van der Waals surface area contributed by atoms with Gasteiger partial charge in [0.05, 0.1) is 29.8 Å². The van der Waals surface area contributed by atoms with Gasteiger partial charge in [0.15, 0.2) is 0 Å². The number of esters is 1. The van der Waals surface area contributed by atoms with E-state index in [1.54, 1.807) is 43.6 Å². The SMILES string of the molecule is CC(C)OC(=O)CC(NC(=O)c1cccc(OCc2cscn2)c1)c1ccccc1. The zero-order valence-corrected chi connectivity index (χ0v) is 17.7. The van der Waals surface area contributed by atoms with E-state index in [-0.39, 0.29) is 24.4 Å². The first-order valence-corrected chi connectivity index (χ1v) is 10.6. The highest BCUT2D eigenvalue weighted by Crippen LogP contribution is 2.20. The molecule has 7 heteroatoms. The zero-order chi connectivity index (χ0) is 21.3. The summed E-state index contributed by atoms with van der Waals surface area (Å²) in [4.78, 5) is 29.3. The van der Waals surface area contributed by atoms with Crippen LogP contribution in [-0.4, -0.2) is 23.0 Å². The highest BCUT2D eigenvalue weighted by Gasteiger charge is 2.21. The first kappa shape index (κ1) is 21.5. The largest absolute Gasteiger partial charge is 0.487 e. The van der Waals surface area contributed by atoms with E-state index in [0.29, 0.717) is 17.9 Å². The molecule has 0 fully saturated rings. The van der Waals surface area contributed by atoms with Gasteiger partial charge in [-0.15, -0.1) is 11.3 Å². The lowest BCUT2D eigenvalue weighted by Gasteiger charge is -2.19. The lowest BCUT2D eigenvalue weighted by molar-refractivity contribution is -0.147. The van der Waals surface area contributed by atoms with Gasteiger partial charge >= 0.3 is 5.97 Å². The Hall–Kier alpha value is -3.19. The van der Waals surface area contributed by atoms with Crippen molar-refractivity contribution in [2.45, 2.75) is 39.0 Å². The molecule has 0 saturated heterocycles. The number of hydrogen-bond donors (Lipinski definition) is 1. The van der Waals surface area contributed by atoms with Gasteiger partial charge in [-0.2, -0.15) is 0 Å². The minimum Gasteiger partial charge on any atom is -0.487 e. The number of hydrogen-bond acceptors (Lipinski definition) is 6. The summed E-state index contributed by atoms with van der Waals surface area (Å²) in [5.41, 5.74) is 3.87. The van der Waals surface area contributed by atoms with Crippen molar-refractivity contribution in [2.75, 3.05) is 0 Å². The van der Waals surface area contributed by atoms with Gasteiger partial charge in [0.2, 0.25) is 0 Å². The lowest BCUT2D eigenvalue weighted by atomic mass is 10.0. The molecule has 0 radical (unpaired) electrons. The molecule has 2 aromatic carbocycles. The molecule has 0 aliphatic heterocycles. The van der Waals surface area contributed by atoms with Crippen molar-refractivity contribution in [3.05, 3.63) is 82.3 Å². The fourth-order valence-electron chi connectivity index (χ4n) is 2.85. The average molecular weight is 425 g/mol. The van der Waals surface area contributed by atoms with Crippen molar-refractivity contribution >= 4 is 23.2 Å². The Kier molecular flexibility index (Phi) is 7.57. The minimum atomic E-state index is -0.496. The molecule has 6 nitrogen and oxygen atoms in total. The molecule has 0 spiro atoms. The minimum absolute atomic E-state index is 0.0496. The second kappa shape index (κ2) is 10.5. The summed E-state index contributed by atoms with van der Waals surface area (Å²) >= 11 is 1.50. The van der Waals surface area contributed by atoms with Gasteiger partial charge in [-0.05, 0) is 37.6 Å². The molecule has 1 aromatic heterocycles. The van der Waals surface area contributed by atoms with E-state index in [2.05, 4.69) is 10.3 Å². The summed E-state index contributed by atoms with van der Waals surface area (Å²) in [6.07, 6.45) is -0.162. The van der Waals surface area contributed by atoms with Crippen LogP contribution in [0, 0.1) is 0 Å². The monoisotopic (exact) mass is 424 g/mol. The number of rotatable bonds is 9. The van der Waals surface area contributed by atoms with Crippen molar-refractivity contribution in [2.24, 2.45) is 0 Å². The van der Waals surface area contributed by atoms with E-state index in [4.69, 9.17) is 9.47 Å². The topological polar surface area (TPSA) is 77.5 Å². The summed E-state index contributed by atoms with van der Waals surface area (Å²) in [6, 6.07) is 15.8. The molecule has 156 valence electrons. The third-order valence-electron chi connectivity index (χ3n) is 4.21. The van der Waals surface area contributed by atoms with Gasteiger partial charge in [-0.3, -0.25) is 9.59 Å². The summed E-state index contributed by atoms with van der Waals surface area (Å²) in [5.74, 6) is -0.0778. The third kappa shape index (κ3) is 6.42. The maximum atomic E-state index is 12.9. The van der Waals surface area contributed by atoms with E-state index >= 15 is 0 Å². The van der Waals surface area contributed by atoms with Gasteiger partial charge in [0.1, 0.15) is 12.4 Å². The van der Waals surface area contributed by atoms with Crippen LogP contribution in [0.25, 0.3) is 0 Å². The van der Waals surface area contributed by atoms with Crippen molar-refractivity contribution in [1.82, 2.24) is 10.3 Å². The van der Waals surface area contributed by atoms with Crippen molar-refractivity contribution in [3.8, 4) is 5.75 Å². The molecule has 1 unspecified atom stereocenters. The summed E-state index contributed by atoms with van der Waals surface area (Å²) < 4.78 is 11.0. The number of thiazole rings is 1. The summed E-state index contributed by atoms with van der Waals surface area (Å²) in [5, 5.41) is 4.86. The first-order chi connectivity index (χ1) is 14.5. The molecule has 3 rings (SSSR count). The maximum Gasteiger partial charge on any atom is 0.308 e. The Morgan fingerprint density at radius 1 is 1.10 bits per heavy atom. The van der Waals surface area contributed by atoms with Crippen molar-refractivity contribution < 1.29 is 19.1 Å². The van der Waals surface area contributed by atoms with Crippen LogP contribution in [0.5, 0.6) is 5.75 Å². The molecule has 1 amide bonds. The maximum absolute atomic E-state index is 12.9. The second-order valence-electron chi connectivity index (χ2n) is 6.98. The predicted molar refractivity (Wildman–Crippen MR) is 115 cm³/mol. The van der Waals surface area contributed by atoms with Gasteiger partial charge in [0, 0.05) is 10.9 Å². The van der Waals surface area contributed by atoms with Crippen LogP contribution < -0.4 is 10.1 Å². The smallest absolute Gasteiger partial charge is 0.308 e. The number of carbonyl (C=O) groups excluding carboxylic acids is 2. The highest BCUT2D eigenvalue weighted by molar-refractivity contribution is 7.07. The molecular weight excluding hydrogens is 400 g/mol.